The minimum Gasteiger partial charge on any atom is -0.462 e. The minimum atomic E-state index is -0.504. The van der Waals surface area contributed by atoms with E-state index in [1.165, 1.54) is 6.07 Å². The molecule has 2 aromatic carbocycles. The van der Waals surface area contributed by atoms with Crippen LogP contribution < -0.4 is 4.74 Å². The third-order valence-corrected chi connectivity index (χ3v) is 2.97. The molecule has 0 atom stereocenters. The highest BCUT2D eigenvalue weighted by Gasteiger charge is 2.13. The van der Waals surface area contributed by atoms with Crippen molar-refractivity contribution in [3.63, 3.8) is 0 Å². The van der Waals surface area contributed by atoms with E-state index in [0.29, 0.717) is 23.5 Å². The molecule has 22 heavy (non-hydrogen) atoms. The van der Waals surface area contributed by atoms with Crippen molar-refractivity contribution in [2.24, 2.45) is 0 Å². The third-order valence-electron chi connectivity index (χ3n) is 2.97. The first kappa shape index (κ1) is 15.8. The van der Waals surface area contributed by atoms with Gasteiger partial charge in [0.05, 0.1) is 17.7 Å². The van der Waals surface area contributed by atoms with Gasteiger partial charge < -0.3 is 9.47 Å². The largest absolute Gasteiger partial charge is 0.462 e. The lowest BCUT2D eigenvalue weighted by Gasteiger charge is -2.07. The molecule has 0 saturated carbocycles. The molecule has 114 valence electrons. The molecule has 0 aliphatic rings. The van der Waals surface area contributed by atoms with Crippen molar-refractivity contribution >= 4 is 11.9 Å². The van der Waals surface area contributed by atoms with E-state index in [1.54, 1.807) is 30.3 Å². The predicted molar refractivity (Wildman–Crippen MR) is 83.2 cm³/mol. The van der Waals surface area contributed by atoms with Crippen molar-refractivity contribution in [3.05, 3.63) is 65.2 Å². The van der Waals surface area contributed by atoms with Gasteiger partial charge in [-0.3, -0.25) is 0 Å². The van der Waals surface area contributed by atoms with Crippen molar-refractivity contribution in [3.8, 4) is 5.75 Å². The molecule has 0 spiro atoms. The molecule has 0 aliphatic heterocycles. The Morgan fingerprint density at radius 2 is 1.64 bits per heavy atom. The predicted octanol–water partition coefficient (Wildman–Crippen LogP) is 3.78. The highest BCUT2D eigenvalue weighted by Crippen LogP contribution is 2.15. The van der Waals surface area contributed by atoms with Gasteiger partial charge in [-0.05, 0) is 49.2 Å². The molecule has 0 radical (unpaired) electrons. The summed E-state index contributed by atoms with van der Waals surface area (Å²) in [6, 6.07) is 13.6. The summed E-state index contributed by atoms with van der Waals surface area (Å²) in [4.78, 5) is 23.9. The Morgan fingerprint density at radius 3 is 2.32 bits per heavy atom. The second-order valence-corrected chi connectivity index (χ2v) is 4.92. The third kappa shape index (κ3) is 4.19. The van der Waals surface area contributed by atoms with E-state index in [-0.39, 0.29) is 0 Å². The van der Waals surface area contributed by atoms with Crippen molar-refractivity contribution in [1.29, 1.82) is 0 Å². The van der Waals surface area contributed by atoms with Crippen LogP contribution in [0.1, 0.15) is 39.6 Å². The molecule has 0 aliphatic carbocycles. The number of carbonyl (C=O) groups excluding carboxylic acids is 2. The number of ether oxygens (including phenoxy) is 2. The van der Waals surface area contributed by atoms with Gasteiger partial charge in [0.15, 0.2) is 0 Å². The van der Waals surface area contributed by atoms with Crippen LogP contribution in [-0.4, -0.2) is 18.5 Å². The van der Waals surface area contributed by atoms with Crippen molar-refractivity contribution in [2.45, 2.75) is 20.3 Å². The van der Waals surface area contributed by atoms with Gasteiger partial charge in [-0.15, -0.1) is 0 Å². The van der Waals surface area contributed by atoms with Crippen LogP contribution in [-0.2, 0) is 4.74 Å². The highest BCUT2D eigenvalue weighted by atomic mass is 16.5. The maximum atomic E-state index is 12.1. The zero-order valence-corrected chi connectivity index (χ0v) is 12.7. The summed E-state index contributed by atoms with van der Waals surface area (Å²) in [6.07, 6.45) is 0.751. The second-order valence-electron chi connectivity index (χ2n) is 4.92. The average Bonchev–Trinajstić information content (AvgIpc) is 2.52. The van der Waals surface area contributed by atoms with Crippen LogP contribution >= 0.6 is 0 Å². The maximum Gasteiger partial charge on any atom is 0.343 e. The van der Waals surface area contributed by atoms with E-state index in [4.69, 9.17) is 9.47 Å². The maximum absolute atomic E-state index is 12.1. The van der Waals surface area contributed by atoms with E-state index < -0.39 is 11.9 Å². The molecule has 0 saturated heterocycles. The molecule has 0 amide bonds. The number of carbonyl (C=O) groups is 2. The van der Waals surface area contributed by atoms with Gasteiger partial charge in [-0.25, -0.2) is 9.59 Å². The Morgan fingerprint density at radius 1 is 0.955 bits per heavy atom. The molecule has 0 unspecified atom stereocenters. The Bertz CT molecular complexity index is 676. The van der Waals surface area contributed by atoms with Crippen LogP contribution in [0.4, 0.5) is 0 Å². The number of benzene rings is 2. The Hall–Kier alpha value is -2.62. The highest BCUT2D eigenvalue weighted by molar-refractivity contribution is 5.96. The topological polar surface area (TPSA) is 52.6 Å². The number of aryl methyl sites for hydroxylation is 1. The molecular formula is C18H18O4. The summed E-state index contributed by atoms with van der Waals surface area (Å²) in [5.41, 5.74) is 1.65. The first-order chi connectivity index (χ1) is 10.6. The fourth-order valence-corrected chi connectivity index (χ4v) is 1.90. The Balaban J connectivity index is 2.11. The lowest BCUT2D eigenvalue weighted by atomic mass is 10.1. The summed E-state index contributed by atoms with van der Waals surface area (Å²) in [6.45, 7) is 4.20. The molecule has 2 aromatic rings. The molecule has 4 nitrogen and oxygen atoms in total. The number of rotatable bonds is 5. The van der Waals surface area contributed by atoms with Crippen LogP contribution in [0.2, 0.25) is 0 Å². The molecular weight excluding hydrogens is 280 g/mol. The van der Waals surface area contributed by atoms with Gasteiger partial charge in [0.25, 0.3) is 0 Å². The summed E-state index contributed by atoms with van der Waals surface area (Å²) in [5, 5.41) is 0. The van der Waals surface area contributed by atoms with Crippen LogP contribution in [0.15, 0.2) is 48.5 Å². The molecule has 4 heteroatoms. The summed E-state index contributed by atoms with van der Waals surface area (Å²) in [5.74, 6) is -0.466. The Labute approximate surface area is 129 Å². The quantitative estimate of drug-likeness (QED) is 0.622. The van der Waals surface area contributed by atoms with Crippen molar-refractivity contribution in [1.82, 2.24) is 0 Å². The van der Waals surface area contributed by atoms with Gasteiger partial charge in [0.2, 0.25) is 0 Å². The fraction of sp³-hybridized carbons (Fsp3) is 0.222. The first-order valence-electron chi connectivity index (χ1n) is 7.16. The standard InChI is InChI=1S/C18H18O4/c1-3-10-21-17(19)14-7-5-8-15(12-14)18(20)22-16-9-4-6-13(2)11-16/h4-9,11-12H,3,10H2,1-2H3. The summed E-state index contributed by atoms with van der Waals surface area (Å²) < 4.78 is 10.4. The molecule has 0 N–H and O–H groups in total. The number of hydrogen-bond acceptors (Lipinski definition) is 4. The first-order valence-corrected chi connectivity index (χ1v) is 7.16. The Kier molecular flexibility index (Phi) is 5.31. The summed E-state index contributed by atoms with van der Waals surface area (Å²) >= 11 is 0. The van der Waals surface area contributed by atoms with Crippen molar-refractivity contribution < 1.29 is 19.1 Å². The smallest absolute Gasteiger partial charge is 0.343 e. The lowest BCUT2D eigenvalue weighted by Crippen LogP contribution is -2.11. The lowest BCUT2D eigenvalue weighted by molar-refractivity contribution is 0.0505. The number of esters is 2. The van der Waals surface area contributed by atoms with Gasteiger partial charge in [-0.1, -0.05) is 25.1 Å². The molecule has 0 bridgehead atoms. The van der Waals surface area contributed by atoms with E-state index in [0.717, 1.165) is 12.0 Å². The molecule has 0 aromatic heterocycles. The van der Waals surface area contributed by atoms with Crippen LogP contribution in [0.3, 0.4) is 0 Å². The van der Waals surface area contributed by atoms with Gasteiger partial charge >= 0.3 is 11.9 Å². The zero-order valence-electron chi connectivity index (χ0n) is 12.7. The normalized spacial score (nSPS) is 10.1. The molecule has 2 rings (SSSR count). The zero-order chi connectivity index (χ0) is 15.9. The SMILES string of the molecule is CCCOC(=O)c1cccc(C(=O)Oc2cccc(C)c2)c1. The molecule has 0 fully saturated rings. The van der Waals surface area contributed by atoms with E-state index in [9.17, 15) is 9.59 Å². The van der Waals surface area contributed by atoms with E-state index >= 15 is 0 Å². The second kappa shape index (κ2) is 7.41. The van der Waals surface area contributed by atoms with Crippen LogP contribution in [0, 0.1) is 6.92 Å². The van der Waals surface area contributed by atoms with Gasteiger partial charge in [0, 0.05) is 0 Å². The van der Waals surface area contributed by atoms with Crippen LogP contribution in [0.25, 0.3) is 0 Å². The van der Waals surface area contributed by atoms with Gasteiger partial charge in [0.1, 0.15) is 5.75 Å². The van der Waals surface area contributed by atoms with E-state index in [1.807, 2.05) is 26.0 Å². The van der Waals surface area contributed by atoms with Crippen LogP contribution in [0.5, 0.6) is 5.75 Å². The molecule has 0 heterocycles. The monoisotopic (exact) mass is 298 g/mol. The average molecular weight is 298 g/mol. The van der Waals surface area contributed by atoms with E-state index in [2.05, 4.69) is 0 Å². The minimum absolute atomic E-state index is 0.312. The van der Waals surface area contributed by atoms with Crippen molar-refractivity contribution in [2.75, 3.05) is 6.61 Å². The van der Waals surface area contributed by atoms with Gasteiger partial charge in [-0.2, -0.15) is 0 Å². The number of hydrogen-bond donors (Lipinski definition) is 0. The fourth-order valence-electron chi connectivity index (χ4n) is 1.90. The summed E-state index contributed by atoms with van der Waals surface area (Å²) in [7, 11) is 0.